The molecule has 2 unspecified atom stereocenters. The Morgan fingerprint density at radius 2 is 1.18 bits per heavy atom. The Morgan fingerprint density at radius 3 is 1.71 bits per heavy atom. The van der Waals surface area contributed by atoms with Crippen molar-refractivity contribution >= 4 is 17.7 Å². The lowest BCUT2D eigenvalue weighted by Crippen LogP contribution is -2.32. The van der Waals surface area contributed by atoms with Gasteiger partial charge in [0.15, 0.2) is 6.04 Å². The van der Waals surface area contributed by atoms with Gasteiger partial charge in [0.2, 0.25) is 0 Å². The highest BCUT2D eigenvalue weighted by molar-refractivity contribution is 6.13. The standard InChI is InChI=1S/C33H31NO4/c1-2-37-33(36)32(34-31(27-19-11-5-12-20-27)28-21-13-6-14-22-28)29(26-17-9-4-10-18-26)23-30(35)38-24-25-15-7-3-8-16-25/h3-22,29,32H,2,23-24H2,1H3. The van der Waals surface area contributed by atoms with Gasteiger partial charge in [0, 0.05) is 17.0 Å². The molecule has 4 aromatic carbocycles. The van der Waals surface area contributed by atoms with E-state index in [4.69, 9.17) is 14.5 Å². The van der Waals surface area contributed by atoms with Gasteiger partial charge in [0.1, 0.15) is 6.61 Å². The third-order valence-corrected chi connectivity index (χ3v) is 6.13. The molecule has 0 saturated heterocycles. The van der Waals surface area contributed by atoms with E-state index >= 15 is 0 Å². The second-order valence-corrected chi connectivity index (χ2v) is 8.77. The molecule has 0 spiro atoms. The van der Waals surface area contributed by atoms with Gasteiger partial charge in [-0.05, 0) is 18.1 Å². The molecule has 0 aromatic heterocycles. The first-order chi connectivity index (χ1) is 18.7. The van der Waals surface area contributed by atoms with Crippen LogP contribution in [0.2, 0.25) is 0 Å². The van der Waals surface area contributed by atoms with E-state index in [0.717, 1.165) is 22.3 Å². The summed E-state index contributed by atoms with van der Waals surface area (Å²) in [7, 11) is 0. The van der Waals surface area contributed by atoms with E-state index in [-0.39, 0.29) is 19.6 Å². The van der Waals surface area contributed by atoms with Crippen molar-refractivity contribution in [1.82, 2.24) is 0 Å². The molecule has 0 aliphatic heterocycles. The molecule has 5 heteroatoms. The lowest BCUT2D eigenvalue weighted by molar-refractivity contribution is -0.147. The average molecular weight is 506 g/mol. The van der Waals surface area contributed by atoms with Crippen LogP contribution in [0.3, 0.4) is 0 Å². The van der Waals surface area contributed by atoms with Crippen molar-refractivity contribution < 1.29 is 19.1 Å². The van der Waals surface area contributed by atoms with Gasteiger partial charge >= 0.3 is 11.9 Å². The van der Waals surface area contributed by atoms with Crippen LogP contribution in [0.15, 0.2) is 126 Å². The normalized spacial score (nSPS) is 12.1. The first kappa shape index (κ1) is 26.6. The van der Waals surface area contributed by atoms with E-state index < -0.39 is 23.9 Å². The van der Waals surface area contributed by atoms with Crippen LogP contribution in [0.5, 0.6) is 0 Å². The summed E-state index contributed by atoms with van der Waals surface area (Å²) in [5, 5.41) is 0. The molecule has 2 atom stereocenters. The number of carbonyl (C=O) groups is 2. The van der Waals surface area contributed by atoms with Crippen molar-refractivity contribution in [3.05, 3.63) is 144 Å². The summed E-state index contributed by atoms with van der Waals surface area (Å²) in [5.41, 5.74) is 4.10. The second kappa shape index (κ2) is 13.7. The van der Waals surface area contributed by atoms with Gasteiger partial charge in [-0.3, -0.25) is 9.79 Å². The Morgan fingerprint density at radius 1 is 0.684 bits per heavy atom. The van der Waals surface area contributed by atoms with Crippen LogP contribution in [-0.4, -0.2) is 30.3 Å². The summed E-state index contributed by atoms with van der Waals surface area (Å²) in [5.74, 6) is -1.48. The Kier molecular flexibility index (Phi) is 9.57. The molecule has 4 rings (SSSR count). The van der Waals surface area contributed by atoms with E-state index in [1.807, 2.05) is 121 Å². The van der Waals surface area contributed by atoms with Crippen LogP contribution in [0, 0.1) is 0 Å². The number of hydrogen-bond donors (Lipinski definition) is 0. The van der Waals surface area contributed by atoms with Crippen molar-refractivity contribution in [2.24, 2.45) is 4.99 Å². The van der Waals surface area contributed by atoms with Crippen LogP contribution >= 0.6 is 0 Å². The van der Waals surface area contributed by atoms with E-state index in [9.17, 15) is 9.59 Å². The van der Waals surface area contributed by atoms with Crippen LogP contribution in [0.1, 0.15) is 41.5 Å². The zero-order valence-electron chi connectivity index (χ0n) is 21.4. The third kappa shape index (κ3) is 7.26. The Bertz CT molecular complexity index is 1280. The zero-order chi connectivity index (χ0) is 26.6. The van der Waals surface area contributed by atoms with Gasteiger partial charge in [-0.2, -0.15) is 0 Å². The molecule has 0 aliphatic carbocycles. The predicted molar refractivity (Wildman–Crippen MR) is 149 cm³/mol. The lowest BCUT2D eigenvalue weighted by atomic mass is 9.88. The molecule has 4 aromatic rings. The first-order valence-electron chi connectivity index (χ1n) is 12.8. The van der Waals surface area contributed by atoms with Crippen LogP contribution in [0.4, 0.5) is 0 Å². The van der Waals surface area contributed by atoms with Gasteiger partial charge in [0.05, 0.1) is 18.7 Å². The van der Waals surface area contributed by atoms with Gasteiger partial charge < -0.3 is 9.47 Å². The quantitative estimate of drug-likeness (QED) is 0.175. The molecular formula is C33H31NO4. The smallest absolute Gasteiger partial charge is 0.331 e. The molecule has 38 heavy (non-hydrogen) atoms. The maximum atomic E-state index is 13.4. The van der Waals surface area contributed by atoms with Crippen molar-refractivity contribution in [2.75, 3.05) is 6.61 Å². The van der Waals surface area contributed by atoms with Crippen molar-refractivity contribution in [2.45, 2.75) is 31.9 Å². The maximum Gasteiger partial charge on any atom is 0.331 e. The summed E-state index contributed by atoms with van der Waals surface area (Å²) < 4.78 is 11.1. The number of hydrogen-bond acceptors (Lipinski definition) is 5. The van der Waals surface area contributed by atoms with Crippen LogP contribution in [0.25, 0.3) is 0 Å². The molecule has 0 amide bonds. The molecule has 0 N–H and O–H groups in total. The maximum absolute atomic E-state index is 13.4. The Hall–Kier alpha value is -4.51. The summed E-state index contributed by atoms with van der Waals surface area (Å²) in [6.07, 6.45) is -0.0271. The molecule has 5 nitrogen and oxygen atoms in total. The molecule has 0 aliphatic rings. The number of benzene rings is 4. The van der Waals surface area contributed by atoms with E-state index in [1.54, 1.807) is 6.92 Å². The lowest BCUT2D eigenvalue weighted by Gasteiger charge is -2.24. The molecule has 0 saturated carbocycles. The van der Waals surface area contributed by atoms with E-state index in [1.165, 1.54) is 0 Å². The van der Waals surface area contributed by atoms with Crippen LogP contribution in [-0.2, 0) is 25.7 Å². The molecule has 0 radical (unpaired) electrons. The molecule has 192 valence electrons. The number of aliphatic imine (C=N–C) groups is 1. The minimum Gasteiger partial charge on any atom is -0.464 e. The zero-order valence-corrected chi connectivity index (χ0v) is 21.4. The fourth-order valence-corrected chi connectivity index (χ4v) is 4.27. The molecule has 0 bridgehead atoms. The molecular weight excluding hydrogens is 474 g/mol. The predicted octanol–water partition coefficient (Wildman–Crippen LogP) is 6.37. The first-order valence-corrected chi connectivity index (χ1v) is 12.8. The average Bonchev–Trinajstić information content (AvgIpc) is 2.98. The van der Waals surface area contributed by atoms with Crippen molar-refractivity contribution in [3.8, 4) is 0 Å². The summed E-state index contributed by atoms with van der Waals surface area (Å²) in [4.78, 5) is 31.5. The van der Waals surface area contributed by atoms with E-state index in [2.05, 4.69) is 0 Å². The number of esters is 2. The van der Waals surface area contributed by atoms with Gasteiger partial charge in [0.25, 0.3) is 0 Å². The highest BCUT2D eigenvalue weighted by atomic mass is 16.5. The molecule has 0 fully saturated rings. The highest BCUT2D eigenvalue weighted by Crippen LogP contribution is 2.29. The van der Waals surface area contributed by atoms with E-state index in [0.29, 0.717) is 5.71 Å². The topological polar surface area (TPSA) is 65.0 Å². The number of ether oxygens (including phenoxy) is 2. The third-order valence-electron chi connectivity index (χ3n) is 6.13. The van der Waals surface area contributed by atoms with Crippen LogP contribution < -0.4 is 0 Å². The summed E-state index contributed by atoms with van der Waals surface area (Å²) in [6.45, 7) is 2.13. The fraction of sp³-hybridized carbons (Fsp3) is 0.182. The summed E-state index contributed by atoms with van der Waals surface area (Å²) >= 11 is 0. The SMILES string of the molecule is CCOC(=O)C(N=C(c1ccccc1)c1ccccc1)C(CC(=O)OCc1ccccc1)c1ccccc1. The largest absolute Gasteiger partial charge is 0.464 e. The highest BCUT2D eigenvalue weighted by Gasteiger charge is 2.33. The second-order valence-electron chi connectivity index (χ2n) is 8.77. The summed E-state index contributed by atoms with van der Waals surface area (Å²) in [6, 6.07) is 37.5. The van der Waals surface area contributed by atoms with Crippen molar-refractivity contribution in [1.29, 1.82) is 0 Å². The number of nitrogens with zero attached hydrogens (tertiary/aromatic N) is 1. The monoisotopic (exact) mass is 505 g/mol. The minimum absolute atomic E-state index is 0.0271. The van der Waals surface area contributed by atoms with Gasteiger partial charge in [-0.15, -0.1) is 0 Å². The molecule has 0 heterocycles. The van der Waals surface area contributed by atoms with Gasteiger partial charge in [-0.25, -0.2) is 4.79 Å². The Labute approximate surface area is 223 Å². The fourth-order valence-electron chi connectivity index (χ4n) is 4.27. The van der Waals surface area contributed by atoms with Gasteiger partial charge in [-0.1, -0.05) is 121 Å². The number of rotatable bonds is 11. The number of carbonyl (C=O) groups excluding carboxylic acids is 2. The Balaban J connectivity index is 1.74. The van der Waals surface area contributed by atoms with Crippen molar-refractivity contribution in [3.63, 3.8) is 0 Å². The minimum atomic E-state index is -0.961.